The summed E-state index contributed by atoms with van der Waals surface area (Å²) in [5.74, 6) is -1.12. The van der Waals surface area contributed by atoms with Crippen molar-refractivity contribution in [3.63, 3.8) is 0 Å². The molecule has 0 bridgehead atoms. The van der Waals surface area contributed by atoms with Crippen molar-refractivity contribution in [3.05, 3.63) is 35.5 Å². The van der Waals surface area contributed by atoms with Gasteiger partial charge in [0.1, 0.15) is 0 Å². The molecule has 0 saturated heterocycles. The minimum atomic E-state index is -0.187. The maximum absolute atomic E-state index is 9.98. The number of rotatable bonds is 3. The minimum Gasteiger partial charge on any atom is -0.876 e. The normalized spacial score (nSPS) is 10.9. The van der Waals surface area contributed by atoms with Crippen LogP contribution in [-0.4, -0.2) is 17.3 Å². The van der Waals surface area contributed by atoms with E-state index in [9.17, 15) is 29.7 Å². The molecule has 0 saturated carbocycles. The van der Waals surface area contributed by atoms with Crippen molar-refractivity contribution in [2.24, 2.45) is 0 Å². The van der Waals surface area contributed by atoms with Gasteiger partial charge >= 0.3 is 36.9 Å². The largest absolute Gasteiger partial charge is 3.00 e. The van der Waals surface area contributed by atoms with Crippen molar-refractivity contribution >= 4 is 17.3 Å². The predicted octanol–water partition coefficient (Wildman–Crippen LogP) is -0.481. The molecule has 0 aromatic heterocycles. The fraction of sp³-hybridized carbons (Fsp3) is 0.400. The second-order valence-corrected chi connectivity index (χ2v) is 4.10. The van der Waals surface area contributed by atoms with Gasteiger partial charge in [0, 0.05) is 0 Å². The van der Waals surface area contributed by atoms with Gasteiger partial charge in [0.25, 0.3) is 0 Å². The van der Waals surface area contributed by atoms with Gasteiger partial charge in [-0.1, -0.05) is 20.8 Å². The van der Waals surface area contributed by atoms with Crippen LogP contribution in [0.3, 0.4) is 0 Å². The minimum absolute atomic E-state index is 0. The van der Waals surface area contributed by atoms with Crippen molar-refractivity contribution in [3.8, 4) is 0 Å². The van der Waals surface area contributed by atoms with E-state index in [1.165, 1.54) is 41.5 Å². The van der Waals surface area contributed by atoms with Crippen LogP contribution in [0.1, 0.15) is 41.5 Å². The number of hydrogen-bond donors (Lipinski definition) is 0. The molecule has 6 nitrogen and oxygen atoms in total. The topological polar surface area (TPSA) is 120 Å². The molecule has 0 aromatic carbocycles. The van der Waals surface area contributed by atoms with Crippen LogP contribution in [0.4, 0.5) is 0 Å². The van der Waals surface area contributed by atoms with Crippen LogP contribution in [0, 0.1) is 36.9 Å². The molecule has 0 fully saturated rings. The van der Waals surface area contributed by atoms with Gasteiger partial charge in [-0.25, -0.2) is 0 Å². The van der Waals surface area contributed by atoms with E-state index < -0.39 is 0 Å². The Balaban J connectivity index is -0.000000108. The first-order valence-electron chi connectivity index (χ1n) is 5.96. The van der Waals surface area contributed by atoms with Gasteiger partial charge in [-0.3, -0.25) is 14.4 Å². The van der Waals surface area contributed by atoms with E-state index in [0.29, 0.717) is 0 Å². The standard InChI is InChI=1S/3C5H8O2.Lu/c3*1-4(6)3-5(2)7;/h3*3,6H,1-2H3;/q;;;+3/p-3/b3*4-3-;. The first-order valence-corrected chi connectivity index (χ1v) is 5.96. The van der Waals surface area contributed by atoms with E-state index in [0.717, 1.165) is 18.2 Å². The molecule has 7 heteroatoms. The van der Waals surface area contributed by atoms with E-state index in [1.807, 2.05) is 0 Å². The summed E-state index contributed by atoms with van der Waals surface area (Å²) in [6.45, 7) is 8.09. The Morgan fingerprint density at radius 1 is 0.545 bits per heavy atom. The SMILES string of the molecule is CC(=O)/C=C(/C)[O-].CC(=O)/C=C(/C)[O-].CC(=O)/C=C(/C)[O-].[Lu+3]. The molecule has 0 amide bonds. The van der Waals surface area contributed by atoms with Gasteiger partial charge in [0.05, 0.1) is 0 Å². The monoisotopic (exact) mass is 472 g/mol. The smallest absolute Gasteiger partial charge is 0.876 e. The van der Waals surface area contributed by atoms with Crippen molar-refractivity contribution in [2.45, 2.75) is 41.5 Å². The van der Waals surface area contributed by atoms with Crippen molar-refractivity contribution in [1.82, 2.24) is 0 Å². The summed E-state index contributed by atoms with van der Waals surface area (Å²) in [7, 11) is 0. The molecule has 0 heterocycles. The average Bonchev–Trinajstić information content (AvgIpc) is 2.10. The Kier molecular flexibility index (Phi) is 23.6. The van der Waals surface area contributed by atoms with Gasteiger partial charge in [0.2, 0.25) is 0 Å². The molecule has 0 rings (SSSR count). The third-order valence-corrected chi connectivity index (χ3v) is 1.22. The Labute approximate surface area is 160 Å². The molecular weight excluding hydrogens is 451 g/mol. The molecule has 22 heavy (non-hydrogen) atoms. The molecule has 0 radical (unpaired) electrons. The van der Waals surface area contributed by atoms with Crippen LogP contribution in [0.15, 0.2) is 35.5 Å². The van der Waals surface area contributed by atoms with Crippen LogP contribution in [0.25, 0.3) is 0 Å². The second-order valence-electron chi connectivity index (χ2n) is 4.10. The number of allylic oxidation sites excluding steroid dienone is 6. The zero-order valence-corrected chi connectivity index (χ0v) is 15.1. The fourth-order valence-electron chi connectivity index (χ4n) is 0.859. The summed E-state index contributed by atoms with van der Waals surface area (Å²) in [6, 6.07) is 0. The molecule has 0 aromatic rings. The molecule has 0 aliphatic rings. The number of carbonyl (C=O) groups is 3. The van der Waals surface area contributed by atoms with Crippen LogP contribution in [0.5, 0.6) is 0 Å². The van der Waals surface area contributed by atoms with E-state index in [1.54, 1.807) is 0 Å². The maximum Gasteiger partial charge on any atom is 3.00 e. The number of carbonyl (C=O) groups excluding carboxylic acids is 3. The Hall–Kier alpha value is -1.14. The zero-order valence-electron chi connectivity index (χ0n) is 13.4. The van der Waals surface area contributed by atoms with Gasteiger partial charge in [-0.15, -0.1) is 17.3 Å². The van der Waals surface area contributed by atoms with Gasteiger partial charge < -0.3 is 15.3 Å². The molecule has 0 unspecified atom stereocenters. The second kappa shape index (κ2) is 17.9. The van der Waals surface area contributed by atoms with Crippen LogP contribution in [-0.2, 0) is 14.4 Å². The third-order valence-electron chi connectivity index (χ3n) is 1.22. The van der Waals surface area contributed by atoms with Crippen LogP contribution < -0.4 is 15.3 Å². The molecule has 0 N–H and O–H groups in total. The first kappa shape index (κ1) is 28.9. The molecule has 0 aliphatic carbocycles. The average molecular weight is 472 g/mol. The summed E-state index contributed by atoms with van der Waals surface area (Å²) >= 11 is 0. The Morgan fingerprint density at radius 2 is 0.682 bits per heavy atom. The number of hydrogen-bond acceptors (Lipinski definition) is 6. The molecule has 0 aliphatic heterocycles. The summed E-state index contributed by atoms with van der Waals surface area (Å²) < 4.78 is 0. The predicted molar refractivity (Wildman–Crippen MR) is 73.3 cm³/mol. The van der Waals surface area contributed by atoms with E-state index in [4.69, 9.17) is 0 Å². The Bertz CT molecular complexity index is 368. The van der Waals surface area contributed by atoms with Gasteiger partial charge in [-0.2, -0.15) is 0 Å². The summed E-state index contributed by atoms with van der Waals surface area (Å²) in [6.07, 6.45) is 3.17. The van der Waals surface area contributed by atoms with Crippen LogP contribution >= 0.6 is 0 Å². The fourth-order valence-corrected chi connectivity index (χ4v) is 0.859. The summed E-state index contributed by atoms with van der Waals surface area (Å²) in [5.41, 5.74) is 0. The van der Waals surface area contributed by atoms with Crippen LogP contribution in [0.2, 0.25) is 0 Å². The Morgan fingerprint density at radius 3 is 0.682 bits per heavy atom. The summed E-state index contributed by atoms with van der Waals surface area (Å²) in [4.78, 5) is 29.9. The van der Waals surface area contributed by atoms with E-state index >= 15 is 0 Å². The van der Waals surface area contributed by atoms with Crippen molar-refractivity contribution in [2.75, 3.05) is 0 Å². The van der Waals surface area contributed by atoms with Gasteiger partial charge in [-0.05, 0) is 39.0 Å². The quantitative estimate of drug-likeness (QED) is 0.404. The van der Waals surface area contributed by atoms with E-state index in [2.05, 4.69) is 0 Å². The van der Waals surface area contributed by atoms with Crippen molar-refractivity contribution < 1.29 is 66.6 Å². The zero-order chi connectivity index (χ0) is 17.6. The van der Waals surface area contributed by atoms with Crippen molar-refractivity contribution in [1.29, 1.82) is 0 Å². The molecule has 0 atom stereocenters. The molecule has 132 valence electrons. The van der Waals surface area contributed by atoms with Gasteiger partial charge in [0.15, 0.2) is 17.3 Å². The number of ketones is 3. The molecular formula is C15H21LuO6. The summed E-state index contributed by atoms with van der Waals surface area (Å²) in [5, 5.41) is 29.9. The molecule has 0 spiro atoms. The first-order chi connectivity index (χ1) is 9.38. The maximum atomic E-state index is 9.98. The third kappa shape index (κ3) is 51.0. The van der Waals surface area contributed by atoms with E-state index in [-0.39, 0.29) is 71.5 Å².